The first-order valence-electron chi connectivity index (χ1n) is 8.47. The molecule has 134 valence electrons. The Bertz CT molecular complexity index is 687. The maximum absolute atomic E-state index is 13.6. The smallest absolute Gasteiger partial charge is 0.214 e. The van der Waals surface area contributed by atoms with E-state index in [1.54, 1.807) is 17.5 Å². The van der Waals surface area contributed by atoms with Gasteiger partial charge in [-0.3, -0.25) is 0 Å². The fourth-order valence-corrected chi connectivity index (χ4v) is 5.52. The van der Waals surface area contributed by atoms with E-state index in [2.05, 4.69) is 4.90 Å². The minimum absolute atomic E-state index is 0.0526. The largest absolute Gasteiger partial charge is 0.377 e. The van der Waals surface area contributed by atoms with Gasteiger partial charge < -0.3 is 9.64 Å². The van der Waals surface area contributed by atoms with E-state index in [0.717, 1.165) is 5.69 Å². The van der Waals surface area contributed by atoms with Crippen LogP contribution in [0, 0.1) is 5.82 Å². The first-order chi connectivity index (χ1) is 11.4. The molecule has 2 saturated heterocycles. The summed E-state index contributed by atoms with van der Waals surface area (Å²) in [7, 11) is -1.48. The number of benzene rings is 1. The molecule has 2 aliphatic heterocycles. The Kier molecular flexibility index (Phi) is 4.86. The molecule has 0 aliphatic carbocycles. The highest BCUT2D eigenvalue weighted by Crippen LogP contribution is 2.45. The maximum atomic E-state index is 13.6. The van der Waals surface area contributed by atoms with Crippen LogP contribution >= 0.6 is 0 Å². The summed E-state index contributed by atoms with van der Waals surface area (Å²) < 4.78 is 45.4. The Morgan fingerprint density at radius 3 is 2.62 bits per heavy atom. The van der Waals surface area contributed by atoms with Crippen molar-refractivity contribution in [3.8, 4) is 0 Å². The van der Waals surface area contributed by atoms with Crippen LogP contribution in [0.4, 0.5) is 10.1 Å². The van der Waals surface area contributed by atoms with Gasteiger partial charge in [-0.15, -0.1) is 0 Å². The van der Waals surface area contributed by atoms with E-state index in [0.29, 0.717) is 38.9 Å². The number of piperidine rings is 1. The number of halogens is 1. The topological polar surface area (TPSA) is 49.9 Å². The third kappa shape index (κ3) is 2.93. The molecule has 2 aliphatic rings. The Hall–Kier alpha value is -1.18. The lowest BCUT2D eigenvalue weighted by molar-refractivity contribution is -0.0383. The molecule has 24 heavy (non-hydrogen) atoms. The zero-order valence-corrected chi connectivity index (χ0v) is 15.1. The van der Waals surface area contributed by atoms with Crippen molar-refractivity contribution in [1.29, 1.82) is 0 Å². The Balaban J connectivity index is 1.78. The molecule has 0 saturated carbocycles. The van der Waals surface area contributed by atoms with Crippen LogP contribution in [-0.4, -0.2) is 56.9 Å². The van der Waals surface area contributed by atoms with E-state index < -0.39 is 10.0 Å². The number of hydrogen-bond donors (Lipinski definition) is 0. The zero-order chi connectivity index (χ0) is 17.4. The number of nitrogens with zero attached hydrogens (tertiary/aromatic N) is 2. The first kappa shape index (κ1) is 17.6. The van der Waals surface area contributed by atoms with Gasteiger partial charge in [0.15, 0.2) is 0 Å². The number of anilines is 1. The normalized spacial score (nSPS) is 24.1. The highest BCUT2D eigenvalue weighted by atomic mass is 32.2. The molecule has 0 amide bonds. The van der Waals surface area contributed by atoms with Crippen LogP contribution in [-0.2, 0) is 14.8 Å². The molecular formula is C17H25FN2O3S. The standard InChI is InChI=1S/C17H25FN2O3S/c1-3-11-24(21,22)19-9-7-17(8-10-19)16(23-2)13-20(17)15-6-4-5-14(18)12-15/h4-6,12,16H,3,7-11,13H2,1-2H3. The molecule has 0 N–H and O–H groups in total. The molecule has 0 aromatic heterocycles. The van der Waals surface area contributed by atoms with Crippen LogP contribution in [0.25, 0.3) is 0 Å². The molecule has 1 aromatic carbocycles. The van der Waals surface area contributed by atoms with E-state index in [1.807, 2.05) is 13.0 Å². The van der Waals surface area contributed by atoms with Crippen molar-refractivity contribution in [1.82, 2.24) is 4.31 Å². The van der Waals surface area contributed by atoms with Gasteiger partial charge in [0.25, 0.3) is 0 Å². The fraction of sp³-hybridized carbons (Fsp3) is 0.647. The van der Waals surface area contributed by atoms with Gasteiger partial charge in [0.1, 0.15) is 5.82 Å². The summed E-state index contributed by atoms with van der Waals surface area (Å²) in [5.41, 5.74) is 0.606. The predicted octanol–water partition coefficient (Wildman–Crippen LogP) is 2.24. The SMILES string of the molecule is CCCS(=O)(=O)N1CCC2(CC1)C(OC)CN2c1cccc(F)c1. The third-order valence-corrected chi connectivity index (χ3v) is 7.41. The van der Waals surface area contributed by atoms with Crippen molar-refractivity contribution < 1.29 is 17.5 Å². The second-order valence-corrected chi connectivity index (χ2v) is 8.72. The van der Waals surface area contributed by atoms with Crippen LogP contribution in [0.2, 0.25) is 0 Å². The molecule has 1 atom stereocenters. The van der Waals surface area contributed by atoms with E-state index >= 15 is 0 Å². The maximum Gasteiger partial charge on any atom is 0.214 e. The number of methoxy groups -OCH3 is 1. The molecule has 7 heteroatoms. The van der Waals surface area contributed by atoms with E-state index in [4.69, 9.17) is 4.74 Å². The van der Waals surface area contributed by atoms with Gasteiger partial charge >= 0.3 is 0 Å². The van der Waals surface area contributed by atoms with Crippen molar-refractivity contribution in [2.24, 2.45) is 0 Å². The van der Waals surface area contributed by atoms with Gasteiger partial charge in [-0.1, -0.05) is 13.0 Å². The molecule has 0 radical (unpaired) electrons. The van der Waals surface area contributed by atoms with E-state index in [1.165, 1.54) is 12.1 Å². The van der Waals surface area contributed by atoms with Gasteiger partial charge in [0.2, 0.25) is 10.0 Å². The molecule has 1 aromatic rings. The summed E-state index contributed by atoms with van der Waals surface area (Å²) in [4.78, 5) is 2.17. The van der Waals surface area contributed by atoms with Crippen molar-refractivity contribution in [2.75, 3.05) is 37.4 Å². The van der Waals surface area contributed by atoms with Crippen LogP contribution in [0.5, 0.6) is 0 Å². The predicted molar refractivity (Wildman–Crippen MR) is 92.2 cm³/mol. The quantitative estimate of drug-likeness (QED) is 0.812. The lowest BCUT2D eigenvalue weighted by Crippen LogP contribution is -2.74. The van der Waals surface area contributed by atoms with Crippen molar-refractivity contribution in [3.05, 3.63) is 30.1 Å². The molecule has 1 unspecified atom stereocenters. The highest BCUT2D eigenvalue weighted by molar-refractivity contribution is 7.89. The first-order valence-corrected chi connectivity index (χ1v) is 10.1. The number of sulfonamides is 1. The average Bonchev–Trinajstić information content (AvgIpc) is 2.54. The number of rotatable bonds is 5. The molecule has 2 heterocycles. The van der Waals surface area contributed by atoms with Crippen molar-refractivity contribution in [3.63, 3.8) is 0 Å². The average molecular weight is 356 g/mol. The van der Waals surface area contributed by atoms with Gasteiger partial charge in [0, 0.05) is 32.4 Å². The highest BCUT2D eigenvalue weighted by Gasteiger charge is 2.55. The van der Waals surface area contributed by atoms with Gasteiger partial charge in [0.05, 0.1) is 17.4 Å². The molecule has 3 rings (SSSR count). The number of ether oxygens (including phenoxy) is 1. The van der Waals surface area contributed by atoms with Crippen molar-refractivity contribution >= 4 is 15.7 Å². The molecule has 5 nitrogen and oxygen atoms in total. The summed E-state index contributed by atoms with van der Waals surface area (Å²) in [6, 6.07) is 6.58. The molecule has 2 fully saturated rings. The van der Waals surface area contributed by atoms with E-state index in [9.17, 15) is 12.8 Å². The van der Waals surface area contributed by atoms with Crippen LogP contribution < -0.4 is 4.90 Å². The molecule has 0 bridgehead atoms. The van der Waals surface area contributed by atoms with Crippen LogP contribution in [0.1, 0.15) is 26.2 Å². The second-order valence-electron chi connectivity index (χ2n) is 6.63. The van der Waals surface area contributed by atoms with Crippen molar-refractivity contribution in [2.45, 2.75) is 37.8 Å². The Morgan fingerprint density at radius 2 is 2.04 bits per heavy atom. The zero-order valence-electron chi connectivity index (χ0n) is 14.2. The van der Waals surface area contributed by atoms with Crippen LogP contribution in [0.3, 0.4) is 0 Å². The third-order valence-electron chi connectivity index (χ3n) is 5.33. The lowest BCUT2D eigenvalue weighted by Gasteiger charge is -2.61. The molecule has 1 spiro atoms. The van der Waals surface area contributed by atoms with Gasteiger partial charge in [-0.2, -0.15) is 0 Å². The minimum Gasteiger partial charge on any atom is -0.377 e. The summed E-state index contributed by atoms with van der Waals surface area (Å²) >= 11 is 0. The summed E-state index contributed by atoms with van der Waals surface area (Å²) in [5.74, 6) is -0.0621. The minimum atomic E-state index is -3.17. The monoisotopic (exact) mass is 356 g/mol. The Morgan fingerprint density at radius 1 is 1.33 bits per heavy atom. The summed E-state index contributed by atoms with van der Waals surface area (Å²) in [6.07, 6.45) is 2.08. The van der Waals surface area contributed by atoms with Crippen LogP contribution in [0.15, 0.2) is 24.3 Å². The van der Waals surface area contributed by atoms with Gasteiger partial charge in [-0.05, 0) is 37.5 Å². The fourth-order valence-electron chi connectivity index (χ4n) is 4.01. The van der Waals surface area contributed by atoms with Gasteiger partial charge in [-0.25, -0.2) is 17.1 Å². The Labute approximate surface area is 143 Å². The number of hydrogen-bond acceptors (Lipinski definition) is 4. The second kappa shape index (κ2) is 6.61. The summed E-state index contributed by atoms with van der Waals surface area (Å²) in [6.45, 7) is 3.57. The molecular weight excluding hydrogens is 331 g/mol. The van der Waals surface area contributed by atoms with E-state index in [-0.39, 0.29) is 23.2 Å². The lowest BCUT2D eigenvalue weighted by atomic mass is 9.73. The summed E-state index contributed by atoms with van der Waals surface area (Å²) in [5, 5.41) is 0.